The zero-order valence-electron chi connectivity index (χ0n) is 10.6. The maximum Gasteiger partial charge on any atom is 0.0820 e. The molecule has 1 unspecified atom stereocenters. The Morgan fingerprint density at radius 1 is 1.26 bits per heavy atom. The van der Waals surface area contributed by atoms with Gasteiger partial charge in [-0.05, 0) is 41.6 Å². The van der Waals surface area contributed by atoms with Crippen molar-refractivity contribution in [1.82, 2.24) is 10.4 Å². The molecule has 19 heavy (non-hydrogen) atoms. The third-order valence-corrected chi connectivity index (χ3v) is 4.36. The minimum Gasteiger partial charge on any atom is -0.271 e. The summed E-state index contributed by atoms with van der Waals surface area (Å²) >= 11 is 1.71. The SMILES string of the molecule is Cc1ccsc1C(NN)c1cnc2ccccc2c1. The second-order valence-corrected chi connectivity index (χ2v) is 5.48. The standard InChI is InChI=1S/C15H15N3S/c1-10-6-7-19-15(10)14(18-16)12-8-11-4-2-3-5-13(11)17-9-12/h2-9,14,18H,16H2,1H3. The van der Waals surface area contributed by atoms with Gasteiger partial charge in [0, 0.05) is 16.5 Å². The zero-order chi connectivity index (χ0) is 13.2. The molecule has 1 atom stereocenters. The number of pyridine rings is 1. The van der Waals surface area contributed by atoms with Crippen molar-refractivity contribution in [2.24, 2.45) is 5.84 Å². The lowest BCUT2D eigenvalue weighted by molar-refractivity contribution is 0.642. The summed E-state index contributed by atoms with van der Waals surface area (Å²) in [5.74, 6) is 5.74. The summed E-state index contributed by atoms with van der Waals surface area (Å²) in [6.07, 6.45) is 1.89. The molecule has 0 saturated carbocycles. The number of nitrogens with two attached hydrogens (primary N) is 1. The molecule has 3 N–H and O–H groups in total. The first kappa shape index (κ1) is 12.3. The first-order valence-electron chi connectivity index (χ1n) is 6.14. The summed E-state index contributed by atoms with van der Waals surface area (Å²) in [4.78, 5) is 5.73. The number of nitrogens with one attached hydrogen (secondary N) is 1. The van der Waals surface area contributed by atoms with Crippen molar-refractivity contribution in [2.45, 2.75) is 13.0 Å². The molecule has 3 rings (SSSR count). The van der Waals surface area contributed by atoms with Crippen LogP contribution in [0.1, 0.15) is 22.0 Å². The van der Waals surface area contributed by atoms with Crippen LogP contribution in [0.5, 0.6) is 0 Å². The number of benzene rings is 1. The number of aryl methyl sites for hydroxylation is 1. The van der Waals surface area contributed by atoms with E-state index in [1.165, 1.54) is 10.4 Å². The first-order chi connectivity index (χ1) is 9.29. The van der Waals surface area contributed by atoms with E-state index in [-0.39, 0.29) is 6.04 Å². The van der Waals surface area contributed by atoms with E-state index in [0.29, 0.717) is 0 Å². The number of para-hydroxylation sites is 1. The van der Waals surface area contributed by atoms with Gasteiger partial charge in [0.15, 0.2) is 0 Å². The fourth-order valence-corrected chi connectivity index (χ4v) is 3.26. The number of rotatable bonds is 3. The van der Waals surface area contributed by atoms with E-state index in [9.17, 15) is 0 Å². The summed E-state index contributed by atoms with van der Waals surface area (Å²) in [7, 11) is 0. The van der Waals surface area contributed by atoms with Gasteiger partial charge in [-0.3, -0.25) is 10.8 Å². The van der Waals surface area contributed by atoms with Crippen LogP contribution in [0.4, 0.5) is 0 Å². The van der Waals surface area contributed by atoms with Crippen molar-refractivity contribution in [3.8, 4) is 0 Å². The molecule has 0 aliphatic carbocycles. The summed E-state index contributed by atoms with van der Waals surface area (Å²) in [6, 6.07) is 12.4. The van der Waals surface area contributed by atoms with E-state index < -0.39 is 0 Å². The Morgan fingerprint density at radius 2 is 2.11 bits per heavy atom. The second kappa shape index (κ2) is 5.09. The molecule has 3 aromatic rings. The molecule has 2 aromatic heterocycles. The van der Waals surface area contributed by atoms with Crippen molar-refractivity contribution in [3.05, 3.63) is 64.0 Å². The van der Waals surface area contributed by atoms with Crippen LogP contribution in [-0.4, -0.2) is 4.98 Å². The van der Waals surface area contributed by atoms with Gasteiger partial charge in [0.2, 0.25) is 0 Å². The molecular weight excluding hydrogens is 254 g/mol. The normalized spacial score (nSPS) is 12.7. The van der Waals surface area contributed by atoms with E-state index >= 15 is 0 Å². The van der Waals surface area contributed by atoms with Gasteiger partial charge in [0.1, 0.15) is 0 Å². The fraction of sp³-hybridized carbons (Fsp3) is 0.133. The molecule has 0 aliphatic rings. The number of nitrogens with zero attached hydrogens (tertiary/aromatic N) is 1. The Labute approximate surface area is 116 Å². The molecule has 0 spiro atoms. The van der Waals surface area contributed by atoms with Crippen LogP contribution >= 0.6 is 11.3 Å². The molecule has 0 amide bonds. The minimum atomic E-state index is -0.00268. The molecule has 1 aromatic carbocycles. The number of hydrazine groups is 1. The van der Waals surface area contributed by atoms with Crippen LogP contribution in [0.3, 0.4) is 0 Å². The Morgan fingerprint density at radius 3 is 2.84 bits per heavy atom. The molecule has 0 fully saturated rings. The van der Waals surface area contributed by atoms with Crippen LogP contribution in [0.25, 0.3) is 10.9 Å². The van der Waals surface area contributed by atoms with Crippen LogP contribution in [-0.2, 0) is 0 Å². The van der Waals surface area contributed by atoms with Gasteiger partial charge in [0.25, 0.3) is 0 Å². The maximum absolute atomic E-state index is 5.74. The first-order valence-corrected chi connectivity index (χ1v) is 7.02. The Balaban J connectivity index is 2.09. The highest BCUT2D eigenvalue weighted by molar-refractivity contribution is 7.10. The largest absolute Gasteiger partial charge is 0.271 e. The molecule has 0 aliphatic heterocycles. The average Bonchev–Trinajstić information content (AvgIpc) is 2.86. The molecule has 4 heteroatoms. The van der Waals surface area contributed by atoms with Gasteiger partial charge >= 0.3 is 0 Å². The highest BCUT2D eigenvalue weighted by Gasteiger charge is 2.16. The lowest BCUT2D eigenvalue weighted by Crippen LogP contribution is -2.28. The fourth-order valence-electron chi connectivity index (χ4n) is 2.25. The third kappa shape index (κ3) is 2.26. The van der Waals surface area contributed by atoms with Crippen LogP contribution in [0.2, 0.25) is 0 Å². The monoisotopic (exact) mass is 269 g/mol. The highest BCUT2D eigenvalue weighted by Crippen LogP contribution is 2.29. The molecule has 96 valence electrons. The molecule has 0 saturated heterocycles. The van der Waals surface area contributed by atoms with Crippen LogP contribution in [0, 0.1) is 6.92 Å². The topological polar surface area (TPSA) is 50.9 Å². The number of fused-ring (bicyclic) bond motifs is 1. The highest BCUT2D eigenvalue weighted by atomic mass is 32.1. The second-order valence-electron chi connectivity index (χ2n) is 4.53. The van der Waals surface area contributed by atoms with Gasteiger partial charge in [-0.1, -0.05) is 18.2 Å². The lowest BCUT2D eigenvalue weighted by Gasteiger charge is -2.16. The predicted molar refractivity (Wildman–Crippen MR) is 80.0 cm³/mol. The molecule has 0 radical (unpaired) electrons. The smallest absolute Gasteiger partial charge is 0.0820 e. The quantitative estimate of drug-likeness (QED) is 0.567. The van der Waals surface area contributed by atoms with Crippen molar-refractivity contribution < 1.29 is 0 Å². The number of hydrogen-bond donors (Lipinski definition) is 2. The van der Waals surface area contributed by atoms with Gasteiger partial charge < -0.3 is 0 Å². The van der Waals surface area contributed by atoms with Crippen LogP contribution in [0.15, 0.2) is 48.0 Å². The summed E-state index contributed by atoms with van der Waals surface area (Å²) in [6.45, 7) is 2.10. The molecule has 0 bridgehead atoms. The lowest BCUT2D eigenvalue weighted by atomic mass is 10.0. The van der Waals surface area contributed by atoms with Crippen molar-refractivity contribution in [3.63, 3.8) is 0 Å². The summed E-state index contributed by atoms with van der Waals surface area (Å²) < 4.78 is 0. The van der Waals surface area contributed by atoms with Gasteiger partial charge in [-0.2, -0.15) is 0 Å². The minimum absolute atomic E-state index is 0.00268. The van der Waals surface area contributed by atoms with E-state index in [4.69, 9.17) is 5.84 Å². The Bertz CT molecular complexity index is 705. The van der Waals surface area contributed by atoms with Crippen molar-refractivity contribution in [2.75, 3.05) is 0 Å². The Hall–Kier alpha value is -1.75. The van der Waals surface area contributed by atoms with E-state index in [1.54, 1.807) is 11.3 Å². The van der Waals surface area contributed by atoms with E-state index in [1.807, 2.05) is 24.4 Å². The van der Waals surface area contributed by atoms with Gasteiger partial charge in [0.05, 0.1) is 11.6 Å². The summed E-state index contributed by atoms with van der Waals surface area (Å²) in [5.41, 5.74) is 6.24. The number of thiophene rings is 1. The predicted octanol–water partition coefficient (Wildman–Crippen LogP) is 3.16. The van der Waals surface area contributed by atoms with Gasteiger partial charge in [-0.25, -0.2) is 5.43 Å². The zero-order valence-corrected chi connectivity index (χ0v) is 11.4. The molecular formula is C15H15N3S. The molecule has 3 nitrogen and oxygen atoms in total. The number of hydrogen-bond acceptors (Lipinski definition) is 4. The van der Waals surface area contributed by atoms with Crippen molar-refractivity contribution >= 4 is 22.2 Å². The van der Waals surface area contributed by atoms with E-state index in [2.05, 4.69) is 40.9 Å². The average molecular weight is 269 g/mol. The van der Waals surface area contributed by atoms with Crippen molar-refractivity contribution in [1.29, 1.82) is 0 Å². The summed E-state index contributed by atoms with van der Waals surface area (Å²) in [5, 5.41) is 3.22. The number of aromatic nitrogens is 1. The Kier molecular flexibility index (Phi) is 3.29. The third-order valence-electron chi connectivity index (χ3n) is 3.28. The van der Waals surface area contributed by atoms with Crippen LogP contribution < -0.4 is 11.3 Å². The molecule has 2 heterocycles. The van der Waals surface area contributed by atoms with E-state index in [0.717, 1.165) is 16.5 Å². The maximum atomic E-state index is 5.74. The van der Waals surface area contributed by atoms with Gasteiger partial charge in [-0.15, -0.1) is 11.3 Å².